The summed E-state index contributed by atoms with van der Waals surface area (Å²) in [4.78, 5) is 12.2. The van der Waals surface area contributed by atoms with Crippen molar-refractivity contribution in [2.24, 2.45) is 0 Å². The van der Waals surface area contributed by atoms with Gasteiger partial charge in [0.15, 0.2) is 0 Å². The number of amides is 1. The van der Waals surface area contributed by atoms with Crippen LogP contribution in [0, 0.1) is 25.7 Å². The molecule has 31 heavy (non-hydrogen) atoms. The monoisotopic (exact) mass is 429 g/mol. The third-order valence-corrected chi connectivity index (χ3v) is 6.13. The Morgan fingerprint density at radius 1 is 1.00 bits per heavy atom. The van der Waals surface area contributed by atoms with Crippen LogP contribution in [0.5, 0.6) is 0 Å². The molecule has 4 rings (SSSR count). The van der Waals surface area contributed by atoms with E-state index >= 15 is 0 Å². The van der Waals surface area contributed by atoms with Crippen LogP contribution in [0.15, 0.2) is 60.7 Å². The molecule has 1 aliphatic carbocycles. The average Bonchev–Trinajstić information content (AvgIpc) is 3.09. The van der Waals surface area contributed by atoms with E-state index in [1.165, 1.54) is 22.3 Å². The number of carbonyl (C=O) groups is 1. The molecule has 156 valence electrons. The van der Waals surface area contributed by atoms with Gasteiger partial charge in [-0.25, -0.2) is 4.79 Å². The highest BCUT2D eigenvalue weighted by atomic mass is 35.5. The first-order valence-corrected chi connectivity index (χ1v) is 10.8. The zero-order valence-electron chi connectivity index (χ0n) is 17.7. The molecule has 1 aliphatic rings. The van der Waals surface area contributed by atoms with Crippen molar-refractivity contribution in [1.82, 2.24) is 5.32 Å². The van der Waals surface area contributed by atoms with Crippen LogP contribution in [-0.4, -0.2) is 19.2 Å². The van der Waals surface area contributed by atoms with Gasteiger partial charge in [-0.05, 0) is 59.4 Å². The minimum Gasteiger partial charge on any atom is -0.449 e. The van der Waals surface area contributed by atoms with Crippen molar-refractivity contribution in [3.63, 3.8) is 0 Å². The highest BCUT2D eigenvalue weighted by molar-refractivity contribution is 6.32. The molecule has 0 atom stereocenters. The maximum atomic E-state index is 12.2. The predicted molar refractivity (Wildman–Crippen MR) is 125 cm³/mol. The van der Waals surface area contributed by atoms with E-state index in [4.69, 9.17) is 16.3 Å². The third-order valence-electron chi connectivity index (χ3n) is 5.53. The standard InChI is InChI=1S/C27H24ClNO2/c1-18-15-20(16-19(2)26(18)28)9-7-8-14-29-27(30)31-17-25-23-12-5-3-10-21(23)22-11-4-6-13-24(22)25/h3-6,10-13,15-16,25H,8,14,17H2,1-2H3,(H,29,30). The van der Waals surface area contributed by atoms with Gasteiger partial charge in [0.1, 0.15) is 6.61 Å². The maximum Gasteiger partial charge on any atom is 0.407 e. The molecule has 0 bridgehead atoms. The van der Waals surface area contributed by atoms with Gasteiger partial charge >= 0.3 is 6.09 Å². The molecule has 3 aromatic carbocycles. The van der Waals surface area contributed by atoms with Crippen LogP contribution in [0.25, 0.3) is 11.1 Å². The molecule has 4 heteroatoms. The van der Waals surface area contributed by atoms with E-state index in [-0.39, 0.29) is 5.92 Å². The summed E-state index contributed by atoms with van der Waals surface area (Å²) in [6.45, 7) is 4.70. The Balaban J connectivity index is 1.29. The number of carbonyl (C=O) groups excluding carboxylic acids is 1. The summed E-state index contributed by atoms with van der Waals surface area (Å²) in [5, 5.41) is 3.57. The number of halogens is 1. The van der Waals surface area contributed by atoms with Crippen LogP contribution in [0.3, 0.4) is 0 Å². The lowest BCUT2D eigenvalue weighted by Crippen LogP contribution is -2.26. The molecule has 0 spiro atoms. The summed E-state index contributed by atoms with van der Waals surface area (Å²) in [5.41, 5.74) is 7.81. The van der Waals surface area contributed by atoms with Crippen LogP contribution in [0.4, 0.5) is 4.79 Å². The Hall–Kier alpha value is -3.22. The Labute approximate surface area is 188 Å². The largest absolute Gasteiger partial charge is 0.449 e. The quantitative estimate of drug-likeness (QED) is 0.394. The van der Waals surface area contributed by atoms with E-state index in [2.05, 4.69) is 41.4 Å². The molecule has 0 unspecified atom stereocenters. The number of fused-ring (bicyclic) bond motifs is 3. The Kier molecular flexibility index (Phi) is 6.30. The van der Waals surface area contributed by atoms with Crippen molar-refractivity contribution in [1.29, 1.82) is 0 Å². The zero-order chi connectivity index (χ0) is 21.8. The first kappa shape index (κ1) is 21.0. The van der Waals surface area contributed by atoms with E-state index in [9.17, 15) is 4.79 Å². The van der Waals surface area contributed by atoms with Gasteiger partial charge in [0.05, 0.1) is 0 Å². The van der Waals surface area contributed by atoms with Crippen LogP contribution in [-0.2, 0) is 4.74 Å². The molecule has 0 saturated heterocycles. The second kappa shape index (κ2) is 9.29. The molecule has 0 radical (unpaired) electrons. The van der Waals surface area contributed by atoms with E-state index in [1.54, 1.807) is 0 Å². The fourth-order valence-corrected chi connectivity index (χ4v) is 4.17. The van der Waals surface area contributed by atoms with Crippen LogP contribution in [0.2, 0.25) is 5.02 Å². The lowest BCUT2D eigenvalue weighted by Gasteiger charge is -2.14. The number of rotatable bonds is 4. The first-order valence-electron chi connectivity index (χ1n) is 10.4. The highest BCUT2D eigenvalue weighted by Crippen LogP contribution is 2.44. The summed E-state index contributed by atoms with van der Waals surface area (Å²) in [6.07, 6.45) is 0.132. The van der Waals surface area contributed by atoms with Crippen molar-refractivity contribution in [2.45, 2.75) is 26.2 Å². The van der Waals surface area contributed by atoms with Gasteiger partial charge in [-0.15, -0.1) is 0 Å². The highest BCUT2D eigenvalue weighted by Gasteiger charge is 2.28. The Morgan fingerprint density at radius 3 is 2.19 bits per heavy atom. The van der Waals surface area contributed by atoms with Crippen LogP contribution < -0.4 is 5.32 Å². The summed E-state index contributed by atoms with van der Waals surface area (Å²) in [5.74, 6) is 6.28. The van der Waals surface area contributed by atoms with Crippen molar-refractivity contribution < 1.29 is 9.53 Å². The fraction of sp³-hybridized carbons (Fsp3) is 0.222. The van der Waals surface area contributed by atoms with Crippen LogP contribution >= 0.6 is 11.6 Å². The van der Waals surface area contributed by atoms with Crippen molar-refractivity contribution in [2.75, 3.05) is 13.2 Å². The predicted octanol–water partition coefficient (Wildman–Crippen LogP) is 6.24. The van der Waals surface area contributed by atoms with Crippen molar-refractivity contribution in [3.8, 4) is 23.0 Å². The number of hydrogen-bond donors (Lipinski definition) is 1. The number of nitrogens with one attached hydrogen (secondary N) is 1. The number of alkyl carbamates (subject to hydrolysis) is 1. The Morgan fingerprint density at radius 2 is 1.58 bits per heavy atom. The molecule has 1 N–H and O–H groups in total. The second-order valence-corrected chi connectivity index (χ2v) is 8.11. The molecular weight excluding hydrogens is 406 g/mol. The second-order valence-electron chi connectivity index (χ2n) is 7.73. The van der Waals surface area contributed by atoms with Crippen molar-refractivity contribution >= 4 is 17.7 Å². The molecule has 0 fully saturated rings. The van der Waals surface area contributed by atoms with E-state index < -0.39 is 6.09 Å². The number of ether oxygens (including phenoxy) is 1. The molecule has 0 saturated carbocycles. The van der Waals surface area contributed by atoms with E-state index in [1.807, 2.05) is 50.2 Å². The minimum absolute atomic E-state index is 0.0642. The first-order chi connectivity index (χ1) is 15.0. The van der Waals surface area contributed by atoms with Gasteiger partial charge in [0.25, 0.3) is 0 Å². The lowest BCUT2D eigenvalue weighted by atomic mass is 9.98. The number of hydrogen-bond acceptors (Lipinski definition) is 2. The maximum absolute atomic E-state index is 12.2. The smallest absolute Gasteiger partial charge is 0.407 e. The molecule has 0 aromatic heterocycles. The van der Waals surface area contributed by atoms with E-state index in [0.717, 1.165) is 21.7 Å². The summed E-state index contributed by atoms with van der Waals surface area (Å²) in [6, 6.07) is 20.5. The van der Waals surface area contributed by atoms with Gasteiger partial charge in [0, 0.05) is 29.5 Å². The van der Waals surface area contributed by atoms with E-state index in [0.29, 0.717) is 19.6 Å². The van der Waals surface area contributed by atoms with Gasteiger partial charge in [-0.3, -0.25) is 0 Å². The van der Waals surface area contributed by atoms with Gasteiger partial charge in [-0.2, -0.15) is 0 Å². The molecule has 3 aromatic rings. The molecule has 0 aliphatic heterocycles. The van der Waals surface area contributed by atoms with Gasteiger partial charge in [0.2, 0.25) is 0 Å². The number of benzene rings is 3. The zero-order valence-corrected chi connectivity index (χ0v) is 18.4. The molecular formula is C27H24ClNO2. The molecule has 1 amide bonds. The van der Waals surface area contributed by atoms with Gasteiger partial charge in [-0.1, -0.05) is 72.0 Å². The SMILES string of the molecule is Cc1cc(C#CCCNC(=O)OCC2c3ccccc3-c3ccccc32)cc(C)c1Cl. The third kappa shape index (κ3) is 4.60. The molecule has 0 heterocycles. The fourth-order valence-electron chi connectivity index (χ4n) is 4.06. The Bertz CT molecular complexity index is 1120. The summed E-state index contributed by atoms with van der Waals surface area (Å²) >= 11 is 6.19. The summed E-state index contributed by atoms with van der Waals surface area (Å²) < 4.78 is 5.54. The lowest BCUT2D eigenvalue weighted by molar-refractivity contribution is 0.143. The normalized spacial score (nSPS) is 11.8. The minimum atomic E-state index is -0.415. The average molecular weight is 430 g/mol. The van der Waals surface area contributed by atoms with Crippen LogP contribution in [0.1, 0.15) is 40.2 Å². The number of aryl methyl sites for hydroxylation is 2. The topological polar surface area (TPSA) is 38.3 Å². The van der Waals surface area contributed by atoms with Crippen molar-refractivity contribution in [3.05, 3.63) is 93.5 Å². The summed E-state index contributed by atoms with van der Waals surface area (Å²) in [7, 11) is 0. The van der Waals surface area contributed by atoms with Gasteiger partial charge < -0.3 is 10.1 Å². The molecule has 3 nitrogen and oxygen atoms in total.